The number of ether oxygens (including phenoxy) is 1. The van der Waals surface area contributed by atoms with Crippen molar-refractivity contribution < 1.29 is 14.3 Å². The number of hydrogen-bond acceptors (Lipinski definition) is 6. The van der Waals surface area contributed by atoms with Crippen LogP contribution in [0.1, 0.15) is 28.5 Å². The molecule has 2 atom stereocenters. The van der Waals surface area contributed by atoms with Crippen LogP contribution in [0.25, 0.3) is 0 Å². The second-order valence-corrected chi connectivity index (χ2v) is 9.69. The van der Waals surface area contributed by atoms with Gasteiger partial charge in [-0.2, -0.15) is 0 Å². The second-order valence-electron chi connectivity index (χ2n) is 8.71. The lowest BCUT2D eigenvalue weighted by atomic mass is 9.97. The van der Waals surface area contributed by atoms with Gasteiger partial charge >= 0.3 is 0 Å². The number of morpholine rings is 1. The summed E-state index contributed by atoms with van der Waals surface area (Å²) in [4.78, 5) is 35.9. The molecule has 3 aromatic rings. The molecule has 0 aliphatic carbocycles. The van der Waals surface area contributed by atoms with Gasteiger partial charge in [0.15, 0.2) is 0 Å². The third-order valence-corrected chi connectivity index (χ3v) is 7.36. The number of carbonyl (C=O) groups is 2. The normalized spacial score (nSPS) is 20.6. The summed E-state index contributed by atoms with van der Waals surface area (Å²) in [6.07, 6.45) is 2.00. The molecule has 2 unspecified atom stereocenters. The lowest BCUT2D eigenvalue weighted by Crippen LogP contribution is -2.36. The molecule has 176 valence electrons. The first-order valence-electron chi connectivity index (χ1n) is 11.6. The highest BCUT2D eigenvalue weighted by Crippen LogP contribution is 2.43. The molecule has 34 heavy (non-hydrogen) atoms. The molecule has 8 heteroatoms. The van der Waals surface area contributed by atoms with Crippen LogP contribution in [0.3, 0.4) is 0 Å². The molecule has 2 aliphatic rings. The first-order valence-corrected chi connectivity index (χ1v) is 12.5. The molecule has 7 nitrogen and oxygen atoms in total. The lowest BCUT2D eigenvalue weighted by Gasteiger charge is -2.28. The van der Waals surface area contributed by atoms with E-state index in [1.165, 1.54) is 0 Å². The predicted molar refractivity (Wildman–Crippen MR) is 133 cm³/mol. The first kappa shape index (κ1) is 22.6. The summed E-state index contributed by atoms with van der Waals surface area (Å²) < 4.78 is 5.40. The number of benzene rings is 1. The molecule has 2 aromatic heterocycles. The van der Waals surface area contributed by atoms with Crippen molar-refractivity contribution in [3.8, 4) is 0 Å². The molecule has 1 N–H and O–H groups in total. The SMILES string of the molecule is Cc1ccc(N2C(=O)CC(C(=O)NCc3ccc(N4CCOCC4)nc3)C2c2cccs2)cc1. The Bertz CT molecular complexity index is 1130. The van der Waals surface area contributed by atoms with Crippen molar-refractivity contribution in [2.45, 2.75) is 25.9 Å². The molecule has 0 bridgehead atoms. The molecule has 4 heterocycles. The Morgan fingerprint density at radius 1 is 1.15 bits per heavy atom. The molecule has 2 amide bonds. The highest BCUT2D eigenvalue weighted by Gasteiger charge is 2.45. The van der Waals surface area contributed by atoms with Crippen molar-refractivity contribution in [1.29, 1.82) is 0 Å². The summed E-state index contributed by atoms with van der Waals surface area (Å²) in [5, 5.41) is 5.03. The minimum absolute atomic E-state index is 0.0288. The Labute approximate surface area is 203 Å². The van der Waals surface area contributed by atoms with E-state index in [2.05, 4.69) is 15.2 Å². The topological polar surface area (TPSA) is 74.8 Å². The fraction of sp³-hybridized carbons (Fsp3) is 0.346. The Balaban J connectivity index is 1.29. The van der Waals surface area contributed by atoms with Crippen LogP contribution in [0.5, 0.6) is 0 Å². The zero-order valence-corrected chi connectivity index (χ0v) is 20.0. The number of nitrogens with one attached hydrogen (secondary N) is 1. The van der Waals surface area contributed by atoms with Crippen LogP contribution >= 0.6 is 11.3 Å². The fourth-order valence-electron chi connectivity index (χ4n) is 4.59. The summed E-state index contributed by atoms with van der Waals surface area (Å²) >= 11 is 1.58. The van der Waals surface area contributed by atoms with Gasteiger partial charge < -0.3 is 19.9 Å². The quantitative estimate of drug-likeness (QED) is 0.587. The first-order chi connectivity index (χ1) is 16.6. The summed E-state index contributed by atoms with van der Waals surface area (Å²) in [6, 6.07) is 15.5. The Morgan fingerprint density at radius 2 is 1.94 bits per heavy atom. The predicted octanol–water partition coefficient (Wildman–Crippen LogP) is 3.70. The largest absolute Gasteiger partial charge is 0.378 e. The monoisotopic (exact) mass is 476 g/mol. The van der Waals surface area contributed by atoms with Crippen molar-refractivity contribution in [2.75, 3.05) is 36.1 Å². The number of nitrogens with zero attached hydrogens (tertiary/aromatic N) is 3. The molecule has 0 saturated carbocycles. The van der Waals surface area contributed by atoms with E-state index < -0.39 is 5.92 Å². The van der Waals surface area contributed by atoms with E-state index in [0.717, 1.165) is 40.6 Å². The zero-order valence-electron chi connectivity index (χ0n) is 19.1. The summed E-state index contributed by atoms with van der Waals surface area (Å²) in [7, 11) is 0. The van der Waals surface area contributed by atoms with E-state index in [-0.39, 0.29) is 24.3 Å². The van der Waals surface area contributed by atoms with E-state index in [4.69, 9.17) is 4.74 Å². The van der Waals surface area contributed by atoms with Crippen LogP contribution in [0.15, 0.2) is 60.1 Å². The van der Waals surface area contributed by atoms with E-state index in [1.54, 1.807) is 22.4 Å². The third kappa shape index (κ3) is 4.69. The summed E-state index contributed by atoms with van der Waals surface area (Å²) in [5.41, 5.74) is 2.88. The number of thiophene rings is 1. The van der Waals surface area contributed by atoms with Gasteiger partial charge in [-0.15, -0.1) is 11.3 Å². The van der Waals surface area contributed by atoms with E-state index >= 15 is 0 Å². The van der Waals surface area contributed by atoms with Crippen LogP contribution in [0.2, 0.25) is 0 Å². The average molecular weight is 477 g/mol. The number of pyridine rings is 1. The van der Waals surface area contributed by atoms with Gasteiger partial charge in [0.1, 0.15) is 5.82 Å². The number of rotatable bonds is 6. The van der Waals surface area contributed by atoms with Gasteiger partial charge in [-0.3, -0.25) is 9.59 Å². The molecule has 1 aromatic carbocycles. The molecule has 5 rings (SSSR count). The highest BCUT2D eigenvalue weighted by molar-refractivity contribution is 7.10. The van der Waals surface area contributed by atoms with Crippen molar-refractivity contribution in [3.63, 3.8) is 0 Å². The van der Waals surface area contributed by atoms with Crippen LogP contribution in [0, 0.1) is 12.8 Å². The van der Waals surface area contributed by atoms with Crippen LogP contribution in [-0.4, -0.2) is 43.1 Å². The Hall–Kier alpha value is -3.23. The zero-order chi connectivity index (χ0) is 23.5. The summed E-state index contributed by atoms with van der Waals surface area (Å²) in [5.74, 6) is 0.330. The minimum Gasteiger partial charge on any atom is -0.378 e. The maximum Gasteiger partial charge on any atom is 0.228 e. The number of aryl methyl sites for hydroxylation is 1. The molecule has 2 fully saturated rings. The Morgan fingerprint density at radius 3 is 2.62 bits per heavy atom. The maximum absolute atomic E-state index is 13.3. The maximum atomic E-state index is 13.3. The highest BCUT2D eigenvalue weighted by atomic mass is 32.1. The lowest BCUT2D eigenvalue weighted by molar-refractivity contribution is -0.126. The van der Waals surface area contributed by atoms with E-state index in [9.17, 15) is 9.59 Å². The van der Waals surface area contributed by atoms with Crippen LogP contribution in [-0.2, 0) is 20.9 Å². The minimum atomic E-state index is -0.451. The van der Waals surface area contributed by atoms with Crippen molar-refractivity contribution in [3.05, 3.63) is 76.1 Å². The third-order valence-electron chi connectivity index (χ3n) is 6.42. The molecular formula is C26H28N4O3S. The van der Waals surface area contributed by atoms with Crippen molar-refractivity contribution in [2.24, 2.45) is 5.92 Å². The number of carbonyl (C=O) groups excluding carboxylic acids is 2. The van der Waals surface area contributed by atoms with Gasteiger partial charge in [0.05, 0.1) is 25.2 Å². The molecule has 2 saturated heterocycles. The number of aromatic nitrogens is 1. The molecule has 2 aliphatic heterocycles. The van der Waals surface area contributed by atoms with Gasteiger partial charge in [0, 0.05) is 42.8 Å². The number of amides is 2. The molecular weight excluding hydrogens is 448 g/mol. The van der Waals surface area contributed by atoms with Gasteiger partial charge in [0.2, 0.25) is 11.8 Å². The van der Waals surface area contributed by atoms with E-state index in [1.807, 2.05) is 60.8 Å². The van der Waals surface area contributed by atoms with Gasteiger partial charge in [-0.25, -0.2) is 4.98 Å². The van der Waals surface area contributed by atoms with E-state index in [0.29, 0.717) is 19.8 Å². The summed E-state index contributed by atoms with van der Waals surface area (Å²) in [6.45, 7) is 5.49. The van der Waals surface area contributed by atoms with Gasteiger partial charge in [-0.1, -0.05) is 29.8 Å². The molecule has 0 radical (unpaired) electrons. The second kappa shape index (κ2) is 9.95. The van der Waals surface area contributed by atoms with Crippen LogP contribution in [0.4, 0.5) is 11.5 Å². The smallest absolute Gasteiger partial charge is 0.228 e. The van der Waals surface area contributed by atoms with Gasteiger partial charge in [-0.05, 0) is 42.1 Å². The van der Waals surface area contributed by atoms with Gasteiger partial charge in [0.25, 0.3) is 0 Å². The number of hydrogen-bond donors (Lipinski definition) is 1. The van der Waals surface area contributed by atoms with Crippen LogP contribution < -0.4 is 15.1 Å². The van der Waals surface area contributed by atoms with Crippen molar-refractivity contribution in [1.82, 2.24) is 10.3 Å². The van der Waals surface area contributed by atoms with Crippen molar-refractivity contribution >= 4 is 34.7 Å². The fourth-order valence-corrected chi connectivity index (χ4v) is 5.47. The average Bonchev–Trinajstić information content (AvgIpc) is 3.52. The molecule has 0 spiro atoms. The number of anilines is 2. The Kier molecular flexibility index (Phi) is 6.60. The standard InChI is InChI=1S/C26H28N4O3S/c1-18-4-7-20(8-5-18)30-24(31)15-21(25(30)22-3-2-14-34-22)26(32)28-17-19-6-9-23(27-16-19)29-10-12-33-13-11-29/h2-9,14,16,21,25H,10-13,15,17H2,1H3,(H,28,32).